The number of piperidine rings is 1. The molecule has 21 heavy (non-hydrogen) atoms. The van der Waals surface area contributed by atoms with E-state index in [2.05, 4.69) is 33.3 Å². The van der Waals surface area contributed by atoms with Gasteiger partial charge in [0.15, 0.2) is 0 Å². The first-order valence-electron chi connectivity index (χ1n) is 7.72. The molecule has 0 aromatic carbocycles. The minimum atomic E-state index is 0.583. The zero-order chi connectivity index (χ0) is 14.2. The summed E-state index contributed by atoms with van der Waals surface area (Å²) in [7, 11) is 2.28. The van der Waals surface area contributed by atoms with Crippen LogP contribution in [0.4, 0.5) is 5.69 Å². The molecule has 2 saturated heterocycles. The normalized spacial score (nSPS) is 28.7. The van der Waals surface area contributed by atoms with E-state index in [1.807, 2.05) is 23.0 Å². The molecule has 2 atom stereocenters. The van der Waals surface area contributed by atoms with Crippen molar-refractivity contribution in [3.05, 3.63) is 37.1 Å². The Balaban J connectivity index is 1.44. The van der Waals surface area contributed by atoms with Gasteiger partial charge in [0.05, 0.1) is 11.9 Å². The van der Waals surface area contributed by atoms with E-state index in [-0.39, 0.29) is 0 Å². The average molecular weight is 283 g/mol. The monoisotopic (exact) mass is 283 g/mol. The number of anilines is 1. The van der Waals surface area contributed by atoms with Crippen LogP contribution < -0.4 is 5.32 Å². The largest absolute Gasteiger partial charge is 0.381 e. The highest BCUT2D eigenvalue weighted by molar-refractivity contribution is 5.44. The van der Waals surface area contributed by atoms with Gasteiger partial charge < -0.3 is 10.2 Å². The SMILES string of the molecule is CN1C2CCC1CC(Nc1ccc(-n3ccnc3)nc1)C2. The van der Waals surface area contributed by atoms with Gasteiger partial charge in [-0.25, -0.2) is 9.97 Å². The quantitative estimate of drug-likeness (QED) is 0.939. The van der Waals surface area contributed by atoms with Crippen molar-refractivity contribution in [1.82, 2.24) is 19.4 Å². The Hall–Kier alpha value is -1.88. The summed E-state index contributed by atoms with van der Waals surface area (Å²) in [5, 5.41) is 3.66. The Labute approximate surface area is 125 Å². The molecule has 1 N–H and O–H groups in total. The van der Waals surface area contributed by atoms with Gasteiger partial charge >= 0.3 is 0 Å². The average Bonchev–Trinajstić information content (AvgIpc) is 3.08. The summed E-state index contributed by atoms with van der Waals surface area (Å²) < 4.78 is 1.92. The molecule has 0 radical (unpaired) electrons. The number of rotatable bonds is 3. The lowest BCUT2D eigenvalue weighted by atomic mass is 9.98. The second-order valence-electron chi connectivity index (χ2n) is 6.24. The van der Waals surface area contributed by atoms with Crippen molar-refractivity contribution in [1.29, 1.82) is 0 Å². The summed E-state index contributed by atoms with van der Waals surface area (Å²) in [5.74, 6) is 0.904. The maximum atomic E-state index is 4.51. The molecule has 0 saturated carbocycles. The molecule has 2 aromatic heterocycles. The smallest absolute Gasteiger partial charge is 0.137 e. The van der Waals surface area contributed by atoms with E-state index in [9.17, 15) is 0 Å². The van der Waals surface area contributed by atoms with Crippen LogP contribution in [-0.2, 0) is 0 Å². The fraction of sp³-hybridized carbons (Fsp3) is 0.500. The molecule has 2 aliphatic rings. The molecule has 5 heteroatoms. The van der Waals surface area contributed by atoms with E-state index in [4.69, 9.17) is 0 Å². The molecule has 4 rings (SSSR count). The number of hydrogen-bond donors (Lipinski definition) is 1. The number of fused-ring (bicyclic) bond motifs is 2. The summed E-state index contributed by atoms with van der Waals surface area (Å²) in [5.41, 5.74) is 1.12. The van der Waals surface area contributed by atoms with Gasteiger partial charge in [-0.15, -0.1) is 0 Å². The Morgan fingerprint density at radius 1 is 1.19 bits per heavy atom. The van der Waals surface area contributed by atoms with Gasteiger partial charge in [-0.05, 0) is 44.9 Å². The highest BCUT2D eigenvalue weighted by atomic mass is 15.2. The topological polar surface area (TPSA) is 46.0 Å². The third-order valence-electron chi connectivity index (χ3n) is 4.99. The molecule has 0 amide bonds. The van der Waals surface area contributed by atoms with Crippen LogP contribution in [-0.4, -0.2) is 44.6 Å². The molecule has 2 aromatic rings. The first kappa shape index (κ1) is 12.8. The van der Waals surface area contributed by atoms with Crippen LogP contribution in [0.1, 0.15) is 25.7 Å². The summed E-state index contributed by atoms with van der Waals surface area (Å²) in [6.45, 7) is 0. The molecule has 2 aliphatic heterocycles. The molecule has 0 aliphatic carbocycles. The Morgan fingerprint density at radius 2 is 2.00 bits per heavy atom. The Bertz CT molecular complexity index is 578. The number of pyridine rings is 1. The molecule has 110 valence electrons. The molecular formula is C16H21N5. The predicted molar refractivity (Wildman–Crippen MR) is 82.6 cm³/mol. The molecule has 2 fully saturated rings. The first-order valence-corrected chi connectivity index (χ1v) is 7.72. The zero-order valence-corrected chi connectivity index (χ0v) is 12.3. The zero-order valence-electron chi connectivity index (χ0n) is 12.3. The van der Waals surface area contributed by atoms with Crippen molar-refractivity contribution in [2.45, 2.75) is 43.8 Å². The van der Waals surface area contributed by atoms with Gasteiger partial charge in [0.2, 0.25) is 0 Å². The van der Waals surface area contributed by atoms with Crippen LogP contribution in [0, 0.1) is 0 Å². The Kier molecular flexibility index (Phi) is 3.15. The number of nitrogens with zero attached hydrogens (tertiary/aromatic N) is 4. The molecule has 2 bridgehead atoms. The van der Waals surface area contributed by atoms with Gasteiger partial charge in [0.1, 0.15) is 12.1 Å². The van der Waals surface area contributed by atoms with Crippen molar-refractivity contribution in [2.75, 3.05) is 12.4 Å². The molecule has 0 spiro atoms. The van der Waals surface area contributed by atoms with Crippen LogP contribution in [0.3, 0.4) is 0 Å². The lowest BCUT2D eigenvalue weighted by molar-refractivity contribution is 0.169. The maximum Gasteiger partial charge on any atom is 0.137 e. The summed E-state index contributed by atoms with van der Waals surface area (Å²) in [4.78, 5) is 11.1. The van der Waals surface area contributed by atoms with Crippen LogP contribution in [0.25, 0.3) is 5.82 Å². The number of imidazole rings is 1. The summed E-state index contributed by atoms with van der Waals surface area (Å²) >= 11 is 0. The minimum absolute atomic E-state index is 0.583. The third-order valence-corrected chi connectivity index (χ3v) is 4.99. The number of nitrogens with one attached hydrogen (secondary N) is 1. The van der Waals surface area contributed by atoms with Gasteiger partial charge in [-0.3, -0.25) is 4.57 Å². The Morgan fingerprint density at radius 3 is 2.62 bits per heavy atom. The highest BCUT2D eigenvalue weighted by Crippen LogP contribution is 2.35. The first-order chi connectivity index (χ1) is 10.3. The molecule has 4 heterocycles. The fourth-order valence-electron chi connectivity index (χ4n) is 3.78. The van der Waals surface area contributed by atoms with Gasteiger partial charge in [-0.1, -0.05) is 0 Å². The lowest BCUT2D eigenvalue weighted by Gasteiger charge is -2.37. The van der Waals surface area contributed by atoms with E-state index >= 15 is 0 Å². The fourth-order valence-corrected chi connectivity index (χ4v) is 3.78. The van der Waals surface area contributed by atoms with Crippen LogP contribution in [0.2, 0.25) is 0 Å². The van der Waals surface area contributed by atoms with Gasteiger partial charge in [0.25, 0.3) is 0 Å². The second kappa shape index (κ2) is 5.15. The predicted octanol–water partition coefficient (Wildman–Crippen LogP) is 2.30. The highest BCUT2D eigenvalue weighted by Gasteiger charge is 2.38. The van der Waals surface area contributed by atoms with Gasteiger partial charge in [0, 0.05) is 30.5 Å². The molecule has 2 unspecified atom stereocenters. The van der Waals surface area contributed by atoms with E-state index in [0.717, 1.165) is 23.6 Å². The lowest BCUT2D eigenvalue weighted by Crippen LogP contribution is -2.44. The summed E-state index contributed by atoms with van der Waals surface area (Å²) in [6, 6.07) is 6.26. The number of aromatic nitrogens is 3. The molecular weight excluding hydrogens is 262 g/mol. The molecule has 5 nitrogen and oxygen atoms in total. The van der Waals surface area contributed by atoms with E-state index in [1.165, 1.54) is 25.7 Å². The minimum Gasteiger partial charge on any atom is -0.381 e. The van der Waals surface area contributed by atoms with E-state index < -0.39 is 0 Å². The van der Waals surface area contributed by atoms with Crippen molar-refractivity contribution >= 4 is 5.69 Å². The van der Waals surface area contributed by atoms with Crippen LogP contribution in [0.5, 0.6) is 0 Å². The van der Waals surface area contributed by atoms with Crippen molar-refractivity contribution < 1.29 is 0 Å². The van der Waals surface area contributed by atoms with Crippen molar-refractivity contribution in [3.63, 3.8) is 0 Å². The van der Waals surface area contributed by atoms with Crippen molar-refractivity contribution in [2.24, 2.45) is 0 Å². The van der Waals surface area contributed by atoms with E-state index in [1.54, 1.807) is 12.5 Å². The van der Waals surface area contributed by atoms with E-state index in [0.29, 0.717) is 6.04 Å². The summed E-state index contributed by atoms with van der Waals surface area (Å²) in [6.07, 6.45) is 12.6. The third kappa shape index (κ3) is 2.42. The number of hydrogen-bond acceptors (Lipinski definition) is 4. The maximum absolute atomic E-state index is 4.51. The van der Waals surface area contributed by atoms with Crippen LogP contribution in [0.15, 0.2) is 37.1 Å². The second-order valence-corrected chi connectivity index (χ2v) is 6.24. The van der Waals surface area contributed by atoms with Crippen LogP contribution >= 0.6 is 0 Å². The standard InChI is InChI=1S/C16H21N5/c1-20-14-3-4-15(20)9-13(8-14)19-12-2-5-16(18-10-12)21-7-6-17-11-21/h2,5-7,10-11,13-15,19H,3-4,8-9H2,1H3. The van der Waals surface area contributed by atoms with Crippen molar-refractivity contribution in [3.8, 4) is 5.82 Å². The van der Waals surface area contributed by atoms with Gasteiger partial charge in [-0.2, -0.15) is 0 Å².